The topological polar surface area (TPSA) is 59.8 Å². The van der Waals surface area contributed by atoms with E-state index in [0.717, 1.165) is 27.7 Å². The van der Waals surface area contributed by atoms with Gasteiger partial charge in [-0.05, 0) is 53.6 Å². The summed E-state index contributed by atoms with van der Waals surface area (Å²) in [5, 5.41) is 4.89. The summed E-state index contributed by atoms with van der Waals surface area (Å²) in [7, 11) is 1.74. The number of benzene rings is 2. The number of aromatic nitrogens is 3. The first kappa shape index (κ1) is 16.3. The second-order valence-electron chi connectivity index (χ2n) is 5.95. The lowest BCUT2D eigenvalue weighted by Gasteiger charge is -2.10. The molecule has 2 aromatic carbocycles. The van der Waals surface area contributed by atoms with E-state index >= 15 is 0 Å². The highest BCUT2D eigenvalue weighted by atomic mass is 35.5. The first-order valence-electron chi connectivity index (χ1n) is 8.04. The molecule has 0 saturated carbocycles. The average molecular weight is 363 g/mol. The molecule has 0 aliphatic rings. The van der Waals surface area contributed by atoms with Gasteiger partial charge in [0.05, 0.1) is 5.52 Å². The van der Waals surface area contributed by atoms with Gasteiger partial charge >= 0.3 is 0 Å². The molecule has 2 heterocycles. The summed E-state index contributed by atoms with van der Waals surface area (Å²) in [5.74, 6) is 0.712. The summed E-state index contributed by atoms with van der Waals surface area (Å²) in [6, 6.07) is 16.8. The third-order valence-corrected chi connectivity index (χ3v) is 4.41. The van der Waals surface area contributed by atoms with Crippen LogP contribution in [-0.4, -0.2) is 14.5 Å². The summed E-state index contributed by atoms with van der Waals surface area (Å²) in [4.78, 5) is 20.3. The van der Waals surface area contributed by atoms with Crippen LogP contribution in [0.2, 0.25) is 5.02 Å². The molecule has 0 spiro atoms. The van der Waals surface area contributed by atoms with Crippen molar-refractivity contribution in [3.05, 3.63) is 82.5 Å². The third-order valence-electron chi connectivity index (χ3n) is 4.16. The fraction of sp³-hybridized carbons (Fsp3) is 0.0500. The molecule has 0 radical (unpaired) electrons. The molecule has 0 amide bonds. The fourth-order valence-corrected chi connectivity index (χ4v) is 2.90. The molecule has 6 heteroatoms. The van der Waals surface area contributed by atoms with Crippen LogP contribution in [0.3, 0.4) is 0 Å². The van der Waals surface area contributed by atoms with Gasteiger partial charge < -0.3 is 9.88 Å². The van der Waals surface area contributed by atoms with Crippen LogP contribution in [0.25, 0.3) is 22.0 Å². The minimum Gasteiger partial charge on any atom is -0.340 e. The maximum absolute atomic E-state index is 11.6. The molecule has 0 bridgehead atoms. The Hall–Kier alpha value is -3.18. The van der Waals surface area contributed by atoms with Crippen LogP contribution in [0, 0.1) is 0 Å². The highest BCUT2D eigenvalue weighted by molar-refractivity contribution is 6.30. The number of pyridine rings is 1. The van der Waals surface area contributed by atoms with Gasteiger partial charge in [0.1, 0.15) is 12.1 Å². The predicted molar refractivity (Wildman–Crippen MR) is 105 cm³/mol. The van der Waals surface area contributed by atoms with Gasteiger partial charge in [-0.15, -0.1) is 0 Å². The van der Waals surface area contributed by atoms with E-state index in [2.05, 4.69) is 15.3 Å². The third kappa shape index (κ3) is 3.17. The molecule has 0 atom stereocenters. The quantitative estimate of drug-likeness (QED) is 0.587. The van der Waals surface area contributed by atoms with Gasteiger partial charge in [0.2, 0.25) is 5.56 Å². The van der Waals surface area contributed by atoms with Gasteiger partial charge in [0.15, 0.2) is 0 Å². The molecule has 0 fully saturated rings. The number of anilines is 2. The maximum atomic E-state index is 11.6. The van der Waals surface area contributed by atoms with Gasteiger partial charge in [-0.2, -0.15) is 0 Å². The first-order valence-corrected chi connectivity index (χ1v) is 8.42. The number of rotatable bonds is 3. The van der Waals surface area contributed by atoms with E-state index in [1.807, 2.05) is 54.7 Å². The number of fused-ring (bicyclic) bond motifs is 1. The van der Waals surface area contributed by atoms with Crippen molar-refractivity contribution >= 4 is 34.0 Å². The maximum Gasteiger partial charge on any atom is 0.250 e. The monoisotopic (exact) mass is 362 g/mol. The predicted octanol–water partition coefficient (Wildman–Crippen LogP) is 4.39. The zero-order chi connectivity index (χ0) is 18.1. The Labute approximate surface area is 154 Å². The van der Waals surface area contributed by atoms with Crippen molar-refractivity contribution in [2.45, 2.75) is 0 Å². The molecule has 0 saturated heterocycles. The Bertz CT molecular complexity index is 1150. The molecule has 0 aliphatic carbocycles. The van der Waals surface area contributed by atoms with E-state index in [-0.39, 0.29) is 5.56 Å². The zero-order valence-electron chi connectivity index (χ0n) is 14.0. The van der Waals surface area contributed by atoms with Crippen LogP contribution in [-0.2, 0) is 7.05 Å². The minimum absolute atomic E-state index is 0.0389. The van der Waals surface area contributed by atoms with Crippen molar-refractivity contribution in [1.29, 1.82) is 0 Å². The van der Waals surface area contributed by atoms with Gasteiger partial charge in [0.25, 0.3) is 0 Å². The van der Waals surface area contributed by atoms with Crippen molar-refractivity contribution in [2.24, 2.45) is 7.05 Å². The summed E-state index contributed by atoms with van der Waals surface area (Å²) >= 11 is 5.94. The lowest BCUT2D eigenvalue weighted by atomic mass is 10.1. The van der Waals surface area contributed by atoms with Crippen LogP contribution >= 0.6 is 11.6 Å². The molecule has 2 aromatic heterocycles. The summed E-state index contributed by atoms with van der Waals surface area (Å²) in [5.41, 5.74) is 3.63. The number of aryl methyl sites for hydroxylation is 1. The SMILES string of the molecule is Cn1cc(-c2ccc3ncnc(Nc4ccc(Cl)cc4)c3c2)ccc1=O. The molecule has 1 N–H and O–H groups in total. The Balaban J connectivity index is 1.80. The summed E-state index contributed by atoms with van der Waals surface area (Å²) in [6.07, 6.45) is 3.35. The van der Waals surface area contributed by atoms with Gasteiger partial charge in [-0.1, -0.05) is 17.7 Å². The number of nitrogens with one attached hydrogen (secondary N) is 1. The largest absolute Gasteiger partial charge is 0.340 e. The Morgan fingerprint density at radius 3 is 2.50 bits per heavy atom. The lowest BCUT2D eigenvalue weighted by Crippen LogP contribution is -2.13. The van der Waals surface area contributed by atoms with Crippen LogP contribution < -0.4 is 10.9 Å². The normalized spacial score (nSPS) is 10.8. The first-order chi connectivity index (χ1) is 12.6. The highest BCUT2D eigenvalue weighted by Gasteiger charge is 2.07. The van der Waals surface area contributed by atoms with Gasteiger partial charge in [-0.3, -0.25) is 4.79 Å². The Morgan fingerprint density at radius 1 is 0.962 bits per heavy atom. The van der Waals surface area contributed by atoms with Gasteiger partial charge in [0, 0.05) is 35.4 Å². The van der Waals surface area contributed by atoms with E-state index in [4.69, 9.17) is 11.6 Å². The van der Waals surface area contributed by atoms with E-state index in [1.165, 1.54) is 6.33 Å². The van der Waals surface area contributed by atoms with Crippen molar-refractivity contribution in [3.63, 3.8) is 0 Å². The number of hydrogen-bond acceptors (Lipinski definition) is 4. The molecule has 128 valence electrons. The molecule has 26 heavy (non-hydrogen) atoms. The van der Waals surface area contributed by atoms with Crippen LogP contribution in [0.15, 0.2) is 71.9 Å². The fourth-order valence-electron chi connectivity index (χ4n) is 2.77. The van der Waals surface area contributed by atoms with E-state index in [0.29, 0.717) is 10.8 Å². The number of hydrogen-bond donors (Lipinski definition) is 1. The van der Waals surface area contributed by atoms with Crippen LogP contribution in [0.1, 0.15) is 0 Å². The summed E-state index contributed by atoms with van der Waals surface area (Å²) < 4.78 is 1.56. The van der Waals surface area contributed by atoms with Gasteiger partial charge in [-0.25, -0.2) is 9.97 Å². The van der Waals surface area contributed by atoms with E-state index in [9.17, 15) is 4.79 Å². The van der Waals surface area contributed by atoms with E-state index < -0.39 is 0 Å². The molecule has 4 rings (SSSR count). The van der Waals surface area contributed by atoms with Crippen LogP contribution in [0.5, 0.6) is 0 Å². The molecular weight excluding hydrogens is 348 g/mol. The molecule has 0 aliphatic heterocycles. The van der Waals surface area contributed by atoms with Crippen LogP contribution in [0.4, 0.5) is 11.5 Å². The highest BCUT2D eigenvalue weighted by Crippen LogP contribution is 2.28. The Kier molecular flexibility index (Phi) is 4.14. The number of halogens is 1. The minimum atomic E-state index is -0.0389. The van der Waals surface area contributed by atoms with Crippen molar-refractivity contribution < 1.29 is 0 Å². The van der Waals surface area contributed by atoms with E-state index in [1.54, 1.807) is 17.7 Å². The Morgan fingerprint density at radius 2 is 1.73 bits per heavy atom. The second-order valence-corrected chi connectivity index (χ2v) is 6.39. The molecule has 0 unspecified atom stereocenters. The summed E-state index contributed by atoms with van der Waals surface area (Å²) in [6.45, 7) is 0. The molecule has 5 nitrogen and oxygen atoms in total. The van der Waals surface area contributed by atoms with Crippen molar-refractivity contribution in [2.75, 3.05) is 5.32 Å². The molecule has 4 aromatic rings. The second kappa shape index (κ2) is 6.61. The zero-order valence-corrected chi connectivity index (χ0v) is 14.7. The van der Waals surface area contributed by atoms with Crippen molar-refractivity contribution in [3.8, 4) is 11.1 Å². The standard InChI is InChI=1S/C20H15ClN4O/c1-25-11-14(3-9-19(25)26)13-2-8-18-17(10-13)20(23-12-22-18)24-16-6-4-15(21)5-7-16/h2-12H,1H3,(H,22,23,24). The molecular formula is C20H15ClN4O. The smallest absolute Gasteiger partial charge is 0.250 e. The van der Waals surface area contributed by atoms with Crippen molar-refractivity contribution in [1.82, 2.24) is 14.5 Å². The average Bonchev–Trinajstić information content (AvgIpc) is 2.66. The number of nitrogens with zero attached hydrogens (tertiary/aromatic N) is 3. The lowest BCUT2D eigenvalue weighted by molar-refractivity contribution is 0.862.